The molecule has 0 saturated carbocycles. The molecule has 0 atom stereocenters. The van der Waals surface area contributed by atoms with Gasteiger partial charge in [-0.2, -0.15) is 0 Å². The topological polar surface area (TPSA) is 29.5 Å². The Bertz CT molecular complexity index is 117. The average molecular weight is 94.9 g/mol. The van der Waals surface area contributed by atoms with Crippen molar-refractivity contribution < 1.29 is 9.76 Å². The minimum Gasteiger partial charge on any atom is -0.561 e. The zero-order valence-corrected chi connectivity index (χ0v) is 3.66. The van der Waals surface area contributed by atoms with Gasteiger partial charge in [-0.25, -0.2) is 0 Å². The normalized spacial score (nSPS) is 16.9. The third-order valence-corrected chi connectivity index (χ3v) is 0.613. The second-order valence-corrected chi connectivity index (χ2v) is 1.17. The van der Waals surface area contributed by atoms with E-state index in [1.807, 2.05) is 0 Å². The lowest BCUT2D eigenvalue weighted by Gasteiger charge is -1.98. The maximum atomic E-state index is 8.54. The molecule has 1 aliphatic heterocycles. The van der Waals surface area contributed by atoms with Crippen LogP contribution in [0.25, 0.3) is 0 Å². The third kappa shape index (κ3) is 0.997. The minimum atomic E-state index is 0.155. The Morgan fingerprint density at radius 3 is 2.86 bits per heavy atom. The molecule has 0 amide bonds. The summed E-state index contributed by atoms with van der Waals surface area (Å²) in [6.07, 6.45) is 4.65. The van der Waals surface area contributed by atoms with Crippen molar-refractivity contribution in [3.8, 4) is 0 Å². The molecule has 0 saturated heterocycles. The predicted molar refractivity (Wildman–Crippen MR) is 26.7 cm³/mol. The van der Waals surface area contributed by atoms with E-state index in [9.17, 15) is 0 Å². The Morgan fingerprint density at radius 2 is 2.57 bits per heavy atom. The molecule has 1 rings (SSSR count). The highest BCUT2D eigenvalue weighted by atomic mass is 16.4. The summed E-state index contributed by atoms with van der Waals surface area (Å²) < 4.78 is 4.56. The molecular weight excluding hydrogens is 90.9 g/mol. The van der Waals surface area contributed by atoms with E-state index in [2.05, 4.69) is 4.65 Å². The maximum absolute atomic E-state index is 8.54. The number of allylic oxidation sites excluding steroid dienone is 2. The van der Waals surface area contributed by atoms with E-state index in [-0.39, 0.29) is 5.66 Å². The summed E-state index contributed by atoms with van der Waals surface area (Å²) in [6, 6.07) is 0. The minimum absolute atomic E-state index is 0.155. The Hall–Kier alpha value is -0.855. The molecule has 1 aliphatic rings. The molecule has 0 aliphatic carbocycles. The Kier molecular flexibility index (Phi) is 1.07. The first-order chi connectivity index (χ1) is 3.39. The number of hydrogen-bond donors (Lipinski definition) is 1. The van der Waals surface area contributed by atoms with Crippen LogP contribution in [0, 0.1) is 0 Å². The lowest BCUT2D eigenvalue weighted by molar-refractivity contribution is 0.413. The Labute approximate surface area is 42.4 Å². The lowest BCUT2D eigenvalue weighted by Crippen LogP contribution is -1.99. The van der Waals surface area contributed by atoms with Crippen molar-refractivity contribution in [2.75, 3.05) is 0 Å². The van der Waals surface area contributed by atoms with Gasteiger partial charge in [0.15, 0.2) is 0 Å². The molecule has 3 heteroatoms. The smallest absolute Gasteiger partial charge is 0.448 e. The molecular formula is C4H4BO2. The van der Waals surface area contributed by atoms with Crippen molar-refractivity contribution in [3.63, 3.8) is 0 Å². The number of aliphatic hydroxyl groups excluding tert-OH is 1. The Morgan fingerprint density at radius 1 is 1.71 bits per heavy atom. The number of rotatable bonds is 0. The van der Waals surface area contributed by atoms with Gasteiger partial charge in [-0.3, -0.25) is 0 Å². The molecule has 0 spiro atoms. The fourth-order valence-electron chi connectivity index (χ4n) is 0.332. The third-order valence-electron chi connectivity index (χ3n) is 0.613. The molecule has 0 bridgehead atoms. The van der Waals surface area contributed by atoms with Crippen LogP contribution < -0.4 is 0 Å². The standard InChI is InChI=1S/C4H4BO2/c6-4-2-1-3-7-5-4/h1-3,6H. The summed E-state index contributed by atoms with van der Waals surface area (Å²) in [7, 11) is 1.26. The molecule has 7 heavy (non-hydrogen) atoms. The maximum Gasteiger partial charge on any atom is 0.448 e. The highest BCUT2D eigenvalue weighted by Crippen LogP contribution is 1.93. The highest BCUT2D eigenvalue weighted by Gasteiger charge is 1.98. The van der Waals surface area contributed by atoms with Crippen LogP contribution in [0.5, 0.6) is 0 Å². The van der Waals surface area contributed by atoms with Gasteiger partial charge >= 0.3 is 7.48 Å². The first-order valence-corrected chi connectivity index (χ1v) is 1.94. The second-order valence-electron chi connectivity index (χ2n) is 1.17. The van der Waals surface area contributed by atoms with Crippen molar-refractivity contribution in [1.29, 1.82) is 0 Å². The molecule has 2 nitrogen and oxygen atoms in total. The zero-order chi connectivity index (χ0) is 5.11. The molecule has 0 aromatic carbocycles. The quantitative estimate of drug-likeness (QED) is 0.445. The van der Waals surface area contributed by atoms with Gasteiger partial charge in [-0.05, 0) is 12.2 Å². The molecule has 0 fully saturated rings. The van der Waals surface area contributed by atoms with E-state index >= 15 is 0 Å². The first kappa shape index (κ1) is 4.31. The second kappa shape index (κ2) is 1.73. The average Bonchev–Trinajstić information content (AvgIpc) is 1.69. The summed E-state index contributed by atoms with van der Waals surface area (Å²) in [5.74, 6) is 0. The molecule has 0 unspecified atom stereocenters. The van der Waals surface area contributed by atoms with Crippen molar-refractivity contribution >= 4 is 7.48 Å². The highest BCUT2D eigenvalue weighted by molar-refractivity contribution is 6.37. The largest absolute Gasteiger partial charge is 0.561 e. The van der Waals surface area contributed by atoms with Gasteiger partial charge in [-0.1, -0.05) is 0 Å². The van der Waals surface area contributed by atoms with Crippen LogP contribution in [0.2, 0.25) is 0 Å². The summed E-state index contributed by atoms with van der Waals surface area (Å²) >= 11 is 0. The number of hydrogen-bond acceptors (Lipinski definition) is 2. The molecule has 1 radical (unpaired) electrons. The summed E-state index contributed by atoms with van der Waals surface area (Å²) in [4.78, 5) is 0. The van der Waals surface area contributed by atoms with E-state index in [1.165, 1.54) is 13.7 Å². The SMILES string of the molecule is OC1=CC=CO[B]1. The Balaban J connectivity index is 2.57. The van der Waals surface area contributed by atoms with E-state index in [0.29, 0.717) is 0 Å². The molecule has 1 heterocycles. The van der Waals surface area contributed by atoms with Crippen LogP contribution in [0.4, 0.5) is 0 Å². The van der Waals surface area contributed by atoms with E-state index in [4.69, 9.17) is 5.11 Å². The van der Waals surface area contributed by atoms with Gasteiger partial charge in [-0.15, -0.1) is 0 Å². The van der Waals surface area contributed by atoms with Gasteiger partial charge < -0.3 is 9.76 Å². The molecule has 0 aromatic rings. The van der Waals surface area contributed by atoms with E-state index in [0.717, 1.165) is 0 Å². The summed E-state index contributed by atoms with van der Waals surface area (Å²) in [5.41, 5.74) is 0.155. The van der Waals surface area contributed by atoms with Crippen LogP contribution in [0.15, 0.2) is 24.1 Å². The summed E-state index contributed by atoms with van der Waals surface area (Å²) in [6.45, 7) is 0. The molecule has 0 aromatic heterocycles. The molecule has 35 valence electrons. The van der Waals surface area contributed by atoms with Crippen molar-refractivity contribution in [2.45, 2.75) is 0 Å². The number of aliphatic hydroxyl groups is 1. The van der Waals surface area contributed by atoms with Gasteiger partial charge in [0, 0.05) is 0 Å². The van der Waals surface area contributed by atoms with Crippen LogP contribution in [0.1, 0.15) is 0 Å². The predicted octanol–water partition coefficient (Wildman–Crippen LogP) is 0.549. The lowest BCUT2D eigenvalue weighted by atomic mass is 9.96. The van der Waals surface area contributed by atoms with Gasteiger partial charge in [0.05, 0.1) is 6.26 Å². The molecule has 1 N–H and O–H groups in total. The monoisotopic (exact) mass is 95.0 g/mol. The van der Waals surface area contributed by atoms with Crippen LogP contribution >= 0.6 is 0 Å². The van der Waals surface area contributed by atoms with Gasteiger partial charge in [0.2, 0.25) is 0 Å². The van der Waals surface area contributed by atoms with Crippen LogP contribution in [-0.4, -0.2) is 12.6 Å². The fraction of sp³-hybridized carbons (Fsp3) is 0. The van der Waals surface area contributed by atoms with E-state index < -0.39 is 0 Å². The fourth-order valence-corrected chi connectivity index (χ4v) is 0.332. The van der Waals surface area contributed by atoms with Crippen molar-refractivity contribution in [2.24, 2.45) is 0 Å². The van der Waals surface area contributed by atoms with Gasteiger partial charge in [0.1, 0.15) is 5.66 Å². The van der Waals surface area contributed by atoms with Gasteiger partial charge in [0.25, 0.3) is 0 Å². The van der Waals surface area contributed by atoms with Crippen molar-refractivity contribution in [3.05, 3.63) is 24.1 Å². The zero-order valence-electron chi connectivity index (χ0n) is 3.66. The first-order valence-electron chi connectivity index (χ1n) is 1.94. The van der Waals surface area contributed by atoms with Crippen LogP contribution in [0.3, 0.4) is 0 Å². The van der Waals surface area contributed by atoms with Crippen LogP contribution in [-0.2, 0) is 4.65 Å². The van der Waals surface area contributed by atoms with E-state index in [1.54, 1.807) is 12.2 Å². The van der Waals surface area contributed by atoms with Crippen molar-refractivity contribution in [1.82, 2.24) is 0 Å². The summed E-state index contributed by atoms with van der Waals surface area (Å²) in [5, 5.41) is 8.54.